The van der Waals surface area contributed by atoms with E-state index in [4.69, 9.17) is 78.1 Å². The van der Waals surface area contributed by atoms with E-state index in [1.54, 1.807) is 6.07 Å². The summed E-state index contributed by atoms with van der Waals surface area (Å²) in [5, 5.41) is 59.5. The lowest BCUT2D eigenvalue weighted by atomic mass is 9.63. The third-order valence-electron chi connectivity index (χ3n) is 12.3. The highest BCUT2D eigenvalue weighted by molar-refractivity contribution is 6.76. The Hall–Kier alpha value is -6.25. The molecule has 3 aromatic carbocycles. The highest BCUT2D eigenvalue weighted by Gasteiger charge is 2.75. The zero-order chi connectivity index (χ0) is 56.0. The Labute approximate surface area is 442 Å². The molecule has 26 heteroatoms. The molecule has 0 aromatic heterocycles. The lowest BCUT2D eigenvalue weighted by molar-refractivity contribution is -0.376. The fourth-order valence-electron chi connectivity index (χ4n) is 8.42. The van der Waals surface area contributed by atoms with Crippen LogP contribution >= 0.6 is 34.8 Å². The zero-order valence-corrected chi connectivity index (χ0v) is 42.8. The van der Waals surface area contributed by atoms with Gasteiger partial charge in [-0.1, -0.05) is 89.4 Å². The SMILES string of the molecule is COC(=O)[C@@]1(O[C@H]2[C@@H](OC(=O)c3ccccc3)[C@@H](COC(=O)c3ccccc3)O[C@@H](OC(=N)C(Cl)(Cl)Cl)[C@@H]2OC(=O)c2ccccc2)C[C@@](O)(C(C)=O)[C@@H](NC(C)=O)[C@H]([C@@](O)(C(C)=O)[C@@](O)(C(C)=O)C(O)C(C)=O)O1. The fraction of sp³-hybridized carbons (Fsp3) is 0.429. The van der Waals surface area contributed by atoms with Gasteiger partial charge in [0.15, 0.2) is 58.2 Å². The summed E-state index contributed by atoms with van der Waals surface area (Å²) in [6, 6.07) is 18.5. The van der Waals surface area contributed by atoms with E-state index in [0.29, 0.717) is 34.8 Å². The van der Waals surface area contributed by atoms with Crippen molar-refractivity contribution in [3.8, 4) is 0 Å². The van der Waals surface area contributed by atoms with Crippen LogP contribution < -0.4 is 5.32 Å². The van der Waals surface area contributed by atoms with Crippen LogP contribution in [0.15, 0.2) is 91.0 Å². The molecule has 1 amide bonds. The number of alkyl halides is 3. The van der Waals surface area contributed by atoms with Gasteiger partial charge in [-0.05, 0) is 64.1 Å². The minimum absolute atomic E-state index is 0.0266. The second kappa shape index (κ2) is 23.7. The van der Waals surface area contributed by atoms with Gasteiger partial charge in [-0.15, -0.1) is 0 Å². The molecule has 0 radical (unpaired) electrons. The van der Waals surface area contributed by atoms with Crippen molar-refractivity contribution >= 4 is 93.6 Å². The number of carbonyl (C=O) groups is 9. The smallest absolute Gasteiger partial charge is 0.366 e. The van der Waals surface area contributed by atoms with E-state index in [1.165, 1.54) is 84.9 Å². The molecular weight excluding hydrogens is 1060 g/mol. The van der Waals surface area contributed by atoms with Gasteiger partial charge in [-0.3, -0.25) is 29.4 Å². The summed E-state index contributed by atoms with van der Waals surface area (Å²) in [5.74, 6) is -17.9. The number of aliphatic hydroxyl groups is 4. The zero-order valence-electron chi connectivity index (χ0n) is 40.6. The number of amides is 1. The average molecular weight is 1110 g/mol. The molecule has 75 heavy (non-hydrogen) atoms. The van der Waals surface area contributed by atoms with Gasteiger partial charge in [-0.25, -0.2) is 19.2 Å². The van der Waals surface area contributed by atoms with Crippen molar-refractivity contribution in [1.82, 2.24) is 5.32 Å². The number of Topliss-reactive ketones (excluding diaryl/α,β-unsaturated/α-hetero) is 4. The normalized spacial score (nSPS) is 26.5. The Bertz CT molecular complexity index is 2680. The molecule has 2 aliphatic heterocycles. The summed E-state index contributed by atoms with van der Waals surface area (Å²) >= 11 is 18.1. The maximum absolute atomic E-state index is 14.8. The number of nitrogens with one attached hydrogen (secondary N) is 2. The molecular formula is C49H51Cl3N2O21. The molecule has 404 valence electrons. The molecule has 2 saturated heterocycles. The van der Waals surface area contributed by atoms with E-state index in [9.17, 15) is 63.6 Å². The molecule has 0 spiro atoms. The summed E-state index contributed by atoms with van der Waals surface area (Å²) in [6.45, 7) is 2.13. The Morgan fingerprint density at radius 3 is 1.63 bits per heavy atom. The summed E-state index contributed by atoms with van der Waals surface area (Å²) in [5.41, 5.74) is -12.1. The largest absolute Gasteiger partial charge is 0.465 e. The van der Waals surface area contributed by atoms with Gasteiger partial charge in [-0.2, -0.15) is 0 Å². The molecule has 6 N–H and O–H groups in total. The van der Waals surface area contributed by atoms with Crippen molar-refractivity contribution in [2.75, 3.05) is 13.7 Å². The quantitative estimate of drug-likeness (QED) is 0.0328. The maximum atomic E-state index is 14.8. The average Bonchev–Trinajstić information content (AvgIpc) is 3.36. The van der Waals surface area contributed by atoms with Gasteiger partial charge in [0, 0.05) is 6.92 Å². The van der Waals surface area contributed by atoms with Crippen molar-refractivity contribution in [1.29, 1.82) is 5.41 Å². The van der Waals surface area contributed by atoms with Crippen LogP contribution in [0.3, 0.4) is 0 Å². The molecule has 2 fully saturated rings. The number of hydrogen-bond donors (Lipinski definition) is 6. The van der Waals surface area contributed by atoms with E-state index in [1.807, 2.05) is 0 Å². The first-order valence-corrected chi connectivity index (χ1v) is 23.5. The van der Waals surface area contributed by atoms with Crippen LogP contribution in [-0.2, 0) is 66.7 Å². The standard InChI is InChI=1S/C49H51Cl3N2O21/c1-24(55)37(60)47(66,26(3)57)48(67,27(4)58)38-36(54-28(5)59)45(65,25(2)56)23-46(75-38,44(64)68-6)74-34-33(71-40(62)30-18-12-8-13-19-30)32(22-69-39(61)29-16-10-7-11-17-29)70-42(73-43(53)49(50,51)52)35(34)72-41(63)31-20-14-9-15-21-31/h7-21,32-38,42,53,60,65-67H,22-23H2,1-6H3,(H,54,59)/t32-,33+,34+,35-,36+,37?,38-,42+,45-,46-,47-,48+/m1/s1. The van der Waals surface area contributed by atoms with Gasteiger partial charge in [0.25, 0.3) is 9.58 Å². The lowest BCUT2D eigenvalue weighted by Gasteiger charge is -2.57. The number of halogens is 3. The number of benzene rings is 3. The molecule has 1 unspecified atom stereocenters. The van der Waals surface area contributed by atoms with Crippen LogP contribution in [0.25, 0.3) is 0 Å². The van der Waals surface area contributed by atoms with Crippen molar-refractivity contribution in [2.24, 2.45) is 0 Å². The second-order valence-electron chi connectivity index (χ2n) is 17.3. The third-order valence-corrected chi connectivity index (χ3v) is 12.8. The Balaban J connectivity index is 1.90. The predicted octanol–water partition coefficient (Wildman–Crippen LogP) is 1.84. The molecule has 2 heterocycles. The number of ether oxygens (including phenoxy) is 8. The molecule has 5 rings (SSSR count). The van der Waals surface area contributed by atoms with Crippen molar-refractivity contribution in [3.05, 3.63) is 108 Å². The molecule has 0 saturated carbocycles. The number of carbonyl (C=O) groups excluding carboxylic acids is 9. The van der Waals surface area contributed by atoms with Crippen LogP contribution in [0.2, 0.25) is 0 Å². The van der Waals surface area contributed by atoms with Gasteiger partial charge < -0.3 is 63.6 Å². The number of methoxy groups -OCH3 is 1. The molecule has 23 nitrogen and oxygen atoms in total. The van der Waals surface area contributed by atoms with Crippen molar-refractivity contribution < 1.29 is 101 Å². The minimum atomic E-state index is -4.14. The first-order chi connectivity index (χ1) is 35.0. The van der Waals surface area contributed by atoms with Crippen LogP contribution in [0.4, 0.5) is 0 Å². The van der Waals surface area contributed by atoms with E-state index in [0.717, 1.165) is 6.92 Å². The van der Waals surface area contributed by atoms with Gasteiger partial charge in [0.05, 0.1) is 36.3 Å². The minimum Gasteiger partial charge on any atom is -0.465 e. The first kappa shape index (κ1) is 59.6. The summed E-state index contributed by atoms with van der Waals surface area (Å²) in [7, 11) is 0.686. The van der Waals surface area contributed by atoms with E-state index in [-0.39, 0.29) is 16.7 Å². The fourth-order valence-corrected chi connectivity index (χ4v) is 8.55. The van der Waals surface area contributed by atoms with Crippen LogP contribution in [0.1, 0.15) is 72.1 Å². The number of esters is 4. The van der Waals surface area contributed by atoms with Gasteiger partial charge >= 0.3 is 23.9 Å². The van der Waals surface area contributed by atoms with E-state index >= 15 is 0 Å². The number of hydrogen-bond acceptors (Lipinski definition) is 22. The Kier molecular flexibility index (Phi) is 18.9. The van der Waals surface area contributed by atoms with Gasteiger partial charge in [0.2, 0.25) is 18.1 Å². The topological polar surface area (TPSA) is 344 Å². The molecule has 12 atom stereocenters. The van der Waals surface area contributed by atoms with Crippen LogP contribution in [0.5, 0.6) is 0 Å². The third kappa shape index (κ3) is 12.4. The van der Waals surface area contributed by atoms with E-state index in [2.05, 4.69) is 5.32 Å². The maximum Gasteiger partial charge on any atom is 0.366 e. The van der Waals surface area contributed by atoms with Crippen LogP contribution in [0, 0.1) is 5.41 Å². The van der Waals surface area contributed by atoms with Crippen molar-refractivity contribution in [3.63, 3.8) is 0 Å². The molecule has 0 aliphatic carbocycles. The summed E-state index contributed by atoms with van der Waals surface area (Å²) < 4.78 is 44.5. The highest BCUT2D eigenvalue weighted by atomic mass is 35.6. The first-order valence-electron chi connectivity index (χ1n) is 22.3. The Morgan fingerprint density at radius 2 is 1.21 bits per heavy atom. The number of rotatable bonds is 19. The second-order valence-corrected chi connectivity index (χ2v) is 19.6. The predicted molar refractivity (Wildman–Crippen MR) is 256 cm³/mol. The molecule has 0 bridgehead atoms. The monoisotopic (exact) mass is 1110 g/mol. The molecule has 2 aliphatic rings. The number of ketones is 4. The van der Waals surface area contributed by atoms with E-state index < -0.39 is 147 Å². The van der Waals surface area contributed by atoms with Crippen molar-refractivity contribution in [2.45, 2.75) is 116 Å². The number of aliphatic hydroxyl groups excluding tert-OH is 1. The Morgan fingerprint density at radius 1 is 0.733 bits per heavy atom. The van der Waals surface area contributed by atoms with Gasteiger partial charge in [0.1, 0.15) is 24.9 Å². The highest BCUT2D eigenvalue weighted by Crippen LogP contribution is 2.48. The molecule has 3 aromatic rings. The lowest BCUT2D eigenvalue weighted by Crippen LogP contribution is -2.83. The summed E-state index contributed by atoms with van der Waals surface area (Å²) in [4.78, 5) is 124. The van der Waals surface area contributed by atoms with Crippen LogP contribution in [-0.4, -0.2) is 168 Å². The summed E-state index contributed by atoms with van der Waals surface area (Å²) in [6.07, 6.45) is -19.3.